The van der Waals surface area contributed by atoms with Gasteiger partial charge in [-0.15, -0.1) is 0 Å². The van der Waals surface area contributed by atoms with E-state index in [4.69, 9.17) is 9.47 Å². The van der Waals surface area contributed by atoms with Crippen LogP contribution in [0.5, 0.6) is 11.5 Å². The SMILES string of the molecule is O=C(CSc1ncccn1)N1CCCC1c1ccc2c(c1)OCCO2. The number of fused-ring (bicyclic) bond motifs is 1. The number of ether oxygens (including phenoxy) is 2. The van der Waals surface area contributed by atoms with E-state index in [1.807, 2.05) is 23.1 Å². The van der Waals surface area contributed by atoms with Gasteiger partial charge in [-0.2, -0.15) is 0 Å². The molecule has 3 heterocycles. The Morgan fingerprint density at radius 2 is 2.00 bits per heavy atom. The zero-order valence-electron chi connectivity index (χ0n) is 13.8. The predicted molar refractivity (Wildman–Crippen MR) is 93.9 cm³/mol. The van der Waals surface area contributed by atoms with Crippen LogP contribution >= 0.6 is 11.8 Å². The Hall–Kier alpha value is -2.28. The Balaban J connectivity index is 1.45. The first-order valence-corrected chi connectivity index (χ1v) is 9.38. The molecular weight excluding hydrogens is 338 g/mol. The molecule has 1 unspecified atom stereocenters. The van der Waals surface area contributed by atoms with Crippen molar-refractivity contribution in [2.75, 3.05) is 25.5 Å². The molecule has 6 nitrogen and oxygen atoms in total. The number of hydrogen-bond acceptors (Lipinski definition) is 6. The van der Waals surface area contributed by atoms with Gasteiger partial charge in [-0.3, -0.25) is 4.79 Å². The van der Waals surface area contributed by atoms with Crippen molar-refractivity contribution < 1.29 is 14.3 Å². The van der Waals surface area contributed by atoms with Crippen molar-refractivity contribution in [1.29, 1.82) is 0 Å². The molecule has 0 N–H and O–H groups in total. The van der Waals surface area contributed by atoms with E-state index in [9.17, 15) is 4.79 Å². The summed E-state index contributed by atoms with van der Waals surface area (Å²) in [5, 5.41) is 0.630. The summed E-state index contributed by atoms with van der Waals surface area (Å²) in [5.41, 5.74) is 1.11. The number of rotatable bonds is 4. The van der Waals surface area contributed by atoms with Crippen LogP contribution in [0.4, 0.5) is 0 Å². The molecule has 4 rings (SSSR count). The third kappa shape index (κ3) is 3.56. The largest absolute Gasteiger partial charge is 0.486 e. The van der Waals surface area contributed by atoms with E-state index in [2.05, 4.69) is 9.97 Å². The van der Waals surface area contributed by atoms with Crippen LogP contribution in [0.15, 0.2) is 41.8 Å². The number of carbonyl (C=O) groups excluding carboxylic acids is 1. The Morgan fingerprint density at radius 3 is 2.84 bits per heavy atom. The summed E-state index contributed by atoms with van der Waals surface area (Å²) < 4.78 is 11.3. The van der Waals surface area contributed by atoms with Crippen LogP contribution in [-0.2, 0) is 4.79 Å². The fourth-order valence-corrected chi connectivity index (χ4v) is 3.94. The third-order valence-corrected chi connectivity index (χ3v) is 5.25. The Bertz CT molecular complexity index is 756. The molecule has 1 atom stereocenters. The van der Waals surface area contributed by atoms with Crippen molar-refractivity contribution in [3.63, 3.8) is 0 Å². The molecule has 1 amide bonds. The summed E-state index contributed by atoms with van der Waals surface area (Å²) in [4.78, 5) is 23.0. The van der Waals surface area contributed by atoms with Crippen LogP contribution < -0.4 is 9.47 Å². The zero-order valence-corrected chi connectivity index (χ0v) is 14.6. The van der Waals surface area contributed by atoms with E-state index in [0.29, 0.717) is 24.1 Å². The lowest BCUT2D eigenvalue weighted by Gasteiger charge is -2.26. The summed E-state index contributed by atoms with van der Waals surface area (Å²) >= 11 is 1.38. The molecule has 0 saturated carbocycles. The molecule has 130 valence electrons. The minimum absolute atomic E-state index is 0.0978. The highest BCUT2D eigenvalue weighted by molar-refractivity contribution is 7.99. The Kier molecular flexibility index (Phi) is 4.74. The second-order valence-corrected chi connectivity index (χ2v) is 6.91. The molecule has 2 aliphatic heterocycles. The standard InChI is InChI=1S/C18H19N3O3S/c22-17(12-25-18-19-6-2-7-20-18)21-8-1-3-14(21)13-4-5-15-16(11-13)24-10-9-23-15/h2,4-7,11,14H,1,3,8-10,12H2. The maximum atomic E-state index is 12.7. The van der Waals surface area contributed by atoms with Gasteiger partial charge in [0.2, 0.25) is 5.91 Å². The van der Waals surface area contributed by atoms with Gasteiger partial charge in [-0.1, -0.05) is 17.8 Å². The average Bonchev–Trinajstić information content (AvgIpc) is 3.16. The predicted octanol–water partition coefficient (Wildman–Crippen LogP) is 2.70. The molecule has 0 radical (unpaired) electrons. The van der Waals surface area contributed by atoms with Crippen molar-refractivity contribution in [3.05, 3.63) is 42.2 Å². The van der Waals surface area contributed by atoms with Crippen molar-refractivity contribution in [3.8, 4) is 11.5 Å². The molecule has 0 spiro atoms. The highest BCUT2D eigenvalue weighted by Crippen LogP contribution is 2.38. The van der Waals surface area contributed by atoms with E-state index in [1.54, 1.807) is 18.5 Å². The number of hydrogen-bond donors (Lipinski definition) is 0. The van der Waals surface area contributed by atoms with E-state index < -0.39 is 0 Å². The van der Waals surface area contributed by atoms with Gasteiger partial charge in [-0.05, 0) is 36.6 Å². The normalized spacial score (nSPS) is 19.0. The van der Waals surface area contributed by atoms with E-state index in [0.717, 1.165) is 36.4 Å². The van der Waals surface area contributed by atoms with Crippen LogP contribution in [0.3, 0.4) is 0 Å². The third-order valence-electron chi connectivity index (χ3n) is 4.39. The van der Waals surface area contributed by atoms with Gasteiger partial charge in [-0.25, -0.2) is 9.97 Å². The second-order valence-electron chi connectivity index (χ2n) is 5.97. The summed E-state index contributed by atoms with van der Waals surface area (Å²) in [6.07, 6.45) is 5.36. The Morgan fingerprint density at radius 1 is 1.20 bits per heavy atom. The lowest BCUT2D eigenvalue weighted by Crippen LogP contribution is -2.32. The lowest BCUT2D eigenvalue weighted by molar-refractivity contribution is -0.129. The smallest absolute Gasteiger partial charge is 0.233 e. The van der Waals surface area contributed by atoms with Crippen LogP contribution in [0.2, 0.25) is 0 Å². The highest BCUT2D eigenvalue weighted by atomic mass is 32.2. The fraction of sp³-hybridized carbons (Fsp3) is 0.389. The summed E-state index contributed by atoms with van der Waals surface area (Å²) in [6.45, 7) is 1.94. The number of likely N-dealkylation sites (tertiary alicyclic amines) is 1. The first-order chi connectivity index (χ1) is 12.3. The zero-order chi connectivity index (χ0) is 17.1. The molecule has 7 heteroatoms. The topological polar surface area (TPSA) is 64.6 Å². The van der Waals surface area contributed by atoms with Crippen molar-refractivity contribution in [2.24, 2.45) is 0 Å². The monoisotopic (exact) mass is 357 g/mol. The lowest BCUT2D eigenvalue weighted by atomic mass is 10.0. The number of carbonyl (C=O) groups is 1. The molecule has 2 aromatic rings. The van der Waals surface area contributed by atoms with Crippen LogP contribution in [0.1, 0.15) is 24.4 Å². The number of aromatic nitrogens is 2. The van der Waals surface area contributed by atoms with Crippen molar-refractivity contribution in [2.45, 2.75) is 24.0 Å². The molecule has 1 saturated heterocycles. The minimum Gasteiger partial charge on any atom is -0.486 e. The van der Waals surface area contributed by atoms with Gasteiger partial charge in [0.1, 0.15) is 13.2 Å². The van der Waals surface area contributed by atoms with Gasteiger partial charge >= 0.3 is 0 Å². The number of amides is 1. The van der Waals surface area contributed by atoms with Crippen molar-refractivity contribution in [1.82, 2.24) is 14.9 Å². The average molecular weight is 357 g/mol. The number of nitrogens with zero attached hydrogens (tertiary/aromatic N) is 3. The van der Waals surface area contributed by atoms with Crippen LogP contribution in [0.25, 0.3) is 0 Å². The molecular formula is C18H19N3O3S. The number of benzene rings is 1. The molecule has 1 aromatic heterocycles. The maximum Gasteiger partial charge on any atom is 0.233 e. The molecule has 1 aromatic carbocycles. The van der Waals surface area contributed by atoms with Crippen LogP contribution in [-0.4, -0.2) is 46.3 Å². The number of thioether (sulfide) groups is 1. The Labute approximate surface area is 150 Å². The molecule has 1 fully saturated rings. The van der Waals surface area contributed by atoms with Gasteiger partial charge in [0, 0.05) is 18.9 Å². The molecule has 0 aliphatic carbocycles. The summed E-state index contributed by atoms with van der Waals surface area (Å²) in [6, 6.07) is 7.86. The molecule has 25 heavy (non-hydrogen) atoms. The highest BCUT2D eigenvalue weighted by Gasteiger charge is 2.30. The van der Waals surface area contributed by atoms with Gasteiger partial charge < -0.3 is 14.4 Å². The summed E-state index contributed by atoms with van der Waals surface area (Å²) in [5.74, 6) is 2.03. The van der Waals surface area contributed by atoms with E-state index in [1.165, 1.54) is 11.8 Å². The van der Waals surface area contributed by atoms with Crippen LogP contribution in [0, 0.1) is 0 Å². The molecule has 2 aliphatic rings. The first kappa shape index (κ1) is 16.2. The quantitative estimate of drug-likeness (QED) is 0.619. The second kappa shape index (κ2) is 7.31. The van der Waals surface area contributed by atoms with E-state index >= 15 is 0 Å². The van der Waals surface area contributed by atoms with E-state index in [-0.39, 0.29) is 11.9 Å². The minimum atomic E-state index is 0.0978. The van der Waals surface area contributed by atoms with Gasteiger partial charge in [0.15, 0.2) is 16.7 Å². The van der Waals surface area contributed by atoms with Gasteiger partial charge in [0.05, 0.1) is 11.8 Å². The van der Waals surface area contributed by atoms with Crippen molar-refractivity contribution >= 4 is 17.7 Å². The summed E-state index contributed by atoms with van der Waals surface area (Å²) in [7, 11) is 0. The maximum absolute atomic E-state index is 12.7. The fourth-order valence-electron chi connectivity index (χ4n) is 3.25. The molecule has 0 bridgehead atoms. The first-order valence-electron chi connectivity index (χ1n) is 8.40. The van der Waals surface area contributed by atoms with Gasteiger partial charge in [0.25, 0.3) is 0 Å².